The smallest absolute Gasteiger partial charge is 0.151 e. The number of benzene rings is 1. The molecule has 19 heavy (non-hydrogen) atoms. The quantitative estimate of drug-likeness (QED) is 0.782. The van der Waals surface area contributed by atoms with Gasteiger partial charge in [0, 0.05) is 40.9 Å². The van der Waals surface area contributed by atoms with E-state index >= 15 is 0 Å². The minimum absolute atomic E-state index is 0.531. The van der Waals surface area contributed by atoms with E-state index in [1.165, 1.54) is 25.1 Å². The Hall–Kier alpha value is -0.870. The highest BCUT2D eigenvalue weighted by molar-refractivity contribution is 9.10. The summed E-state index contributed by atoms with van der Waals surface area (Å²) in [7, 11) is 0. The summed E-state index contributed by atoms with van der Waals surface area (Å²) < 4.78 is 0.890. The number of hydrogen-bond donors (Lipinski definition) is 0. The number of carbonyl (C=O) groups excluding carboxylic acids is 1. The van der Waals surface area contributed by atoms with Crippen LogP contribution in [0.2, 0.25) is 0 Å². The molecule has 2 saturated heterocycles. The van der Waals surface area contributed by atoms with E-state index in [0.29, 0.717) is 12.1 Å². The predicted octanol–water partition coefficient (Wildman–Crippen LogP) is 2.93. The first-order valence-electron chi connectivity index (χ1n) is 6.94. The van der Waals surface area contributed by atoms with Gasteiger partial charge in [-0.1, -0.05) is 0 Å². The van der Waals surface area contributed by atoms with Crippen molar-refractivity contribution < 1.29 is 4.79 Å². The van der Waals surface area contributed by atoms with E-state index < -0.39 is 0 Å². The van der Waals surface area contributed by atoms with Crippen LogP contribution in [0.3, 0.4) is 0 Å². The lowest BCUT2D eigenvalue weighted by molar-refractivity contribution is 0.112. The molecule has 0 saturated carbocycles. The summed E-state index contributed by atoms with van der Waals surface area (Å²) in [5.41, 5.74) is 1.94. The molecule has 0 aliphatic carbocycles. The number of rotatable bonds is 2. The third-order valence-electron chi connectivity index (χ3n) is 4.38. The Balaban J connectivity index is 1.84. The molecule has 2 fully saturated rings. The van der Waals surface area contributed by atoms with Gasteiger partial charge >= 0.3 is 0 Å². The van der Waals surface area contributed by atoms with Crippen molar-refractivity contribution in [3.8, 4) is 0 Å². The summed E-state index contributed by atoms with van der Waals surface area (Å²) >= 11 is 3.48. The minimum Gasteiger partial charge on any atom is -0.366 e. The highest BCUT2D eigenvalue weighted by Gasteiger charge is 2.34. The standard InChI is InChI=1S/C15H19BrN2O/c1-11-8-17-6-2-3-14(17)9-18(11)13-5-4-12(10-19)15(16)7-13/h4-5,7,10-11,14H,2-3,6,8-9H2,1H3. The average Bonchev–Trinajstić information content (AvgIpc) is 2.84. The molecule has 102 valence electrons. The van der Waals surface area contributed by atoms with E-state index in [9.17, 15) is 4.79 Å². The molecular weight excluding hydrogens is 304 g/mol. The monoisotopic (exact) mass is 322 g/mol. The zero-order valence-corrected chi connectivity index (χ0v) is 12.8. The molecule has 3 rings (SSSR count). The van der Waals surface area contributed by atoms with E-state index in [1.807, 2.05) is 6.07 Å². The lowest BCUT2D eigenvalue weighted by Gasteiger charge is -2.43. The molecule has 2 aliphatic rings. The maximum atomic E-state index is 10.9. The Labute approximate surface area is 122 Å². The molecule has 0 radical (unpaired) electrons. The second kappa shape index (κ2) is 5.25. The van der Waals surface area contributed by atoms with Gasteiger partial charge in [0.05, 0.1) is 0 Å². The molecule has 0 spiro atoms. The number of nitrogens with zero attached hydrogens (tertiary/aromatic N) is 2. The van der Waals surface area contributed by atoms with Crippen molar-refractivity contribution in [2.45, 2.75) is 31.8 Å². The second-order valence-corrected chi connectivity index (χ2v) is 6.47. The van der Waals surface area contributed by atoms with Crippen molar-refractivity contribution in [2.24, 2.45) is 0 Å². The first kappa shape index (κ1) is 13.1. The van der Waals surface area contributed by atoms with Crippen molar-refractivity contribution >= 4 is 27.9 Å². The maximum Gasteiger partial charge on any atom is 0.151 e. The number of carbonyl (C=O) groups is 1. The van der Waals surface area contributed by atoms with Gasteiger partial charge in [0.15, 0.2) is 6.29 Å². The van der Waals surface area contributed by atoms with Crippen LogP contribution >= 0.6 is 15.9 Å². The summed E-state index contributed by atoms with van der Waals surface area (Å²) in [5, 5.41) is 0. The van der Waals surface area contributed by atoms with Crippen LogP contribution in [0.5, 0.6) is 0 Å². The molecule has 0 aromatic heterocycles. The van der Waals surface area contributed by atoms with Crippen molar-refractivity contribution in [1.82, 2.24) is 4.90 Å². The molecule has 0 bridgehead atoms. The number of anilines is 1. The topological polar surface area (TPSA) is 23.6 Å². The summed E-state index contributed by atoms with van der Waals surface area (Å²) in [6.45, 7) is 5.80. The van der Waals surface area contributed by atoms with Crippen LogP contribution < -0.4 is 4.90 Å². The number of aldehydes is 1. The van der Waals surface area contributed by atoms with Gasteiger partial charge < -0.3 is 4.90 Å². The highest BCUT2D eigenvalue weighted by Crippen LogP contribution is 2.30. The van der Waals surface area contributed by atoms with Crippen LogP contribution in [0.1, 0.15) is 30.1 Å². The average molecular weight is 323 g/mol. The normalized spacial score (nSPS) is 27.4. The van der Waals surface area contributed by atoms with Crippen LogP contribution in [0, 0.1) is 0 Å². The van der Waals surface area contributed by atoms with E-state index in [2.05, 4.69) is 44.8 Å². The van der Waals surface area contributed by atoms with Crippen molar-refractivity contribution in [2.75, 3.05) is 24.5 Å². The summed E-state index contributed by atoms with van der Waals surface area (Å²) in [5.74, 6) is 0. The lowest BCUT2D eigenvalue weighted by atomic mass is 10.1. The van der Waals surface area contributed by atoms with Crippen LogP contribution in [0.25, 0.3) is 0 Å². The van der Waals surface area contributed by atoms with Crippen molar-refractivity contribution in [1.29, 1.82) is 0 Å². The molecule has 4 heteroatoms. The van der Waals surface area contributed by atoms with Gasteiger partial charge in [0.25, 0.3) is 0 Å². The number of fused-ring (bicyclic) bond motifs is 1. The SMILES string of the molecule is CC1CN2CCCC2CN1c1ccc(C=O)c(Br)c1. The first-order valence-corrected chi connectivity index (χ1v) is 7.74. The number of hydrogen-bond acceptors (Lipinski definition) is 3. The predicted molar refractivity (Wildman–Crippen MR) is 80.9 cm³/mol. The zero-order valence-electron chi connectivity index (χ0n) is 11.2. The zero-order chi connectivity index (χ0) is 13.4. The minimum atomic E-state index is 0.531. The molecule has 0 N–H and O–H groups in total. The Bertz CT molecular complexity index is 491. The molecule has 1 aromatic carbocycles. The van der Waals surface area contributed by atoms with Gasteiger partial charge in [0.1, 0.15) is 0 Å². The van der Waals surface area contributed by atoms with Crippen LogP contribution in [-0.2, 0) is 0 Å². The molecule has 1 aromatic rings. The Morgan fingerprint density at radius 1 is 1.37 bits per heavy atom. The van der Waals surface area contributed by atoms with Crippen LogP contribution in [0.4, 0.5) is 5.69 Å². The van der Waals surface area contributed by atoms with Gasteiger partial charge in [-0.25, -0.2) is 0 Å². The van der Waals surface area contributed by atoms with E-state index in [1.54, 1.807) is 0 Å². The lowest BCUT2D eigenvalue weighted by Crippen LogP contribution is -2.55. The fraction of sp³-hybridized carbons (Fsp3) is 0.533. The third-order valence-corrected chi connectivity index (χ3v) is 5.07. The van der Waals surface area contributed by atoms with Crippen molar-refractivity contribution in [3.05, 3.63) is 28.2 Å². The second-order valence-electron chi connectivity index (χ2n) is 5.62. The van der Waals surface area contributed by atoms with Gasteiger partial charge in [-0.05, 0) is 60.4 Å². The summed E-state index contributed by atoms with van der Waals surface area (Å²) in [6, 6.07) is 7.28. The summed E-state index contributed by atoms with van der Waals surface area (Å²) in [4.78, 5) is 16.0. The fourth-order valence-corrected chi connectivity index (χ4v) is 3.80. The number of halogens is 1. The Kier molecular flexibility index (Phi) is 3.63. The maximum absolute atomic E-state index is 10.9. The first-order chi connectivity index (χ1) is 9.19. The van der Waals surface area contributed by atoms with Gasteiger partial charge in [-0.15, -0.1) is 0 Å². The molecule has 2 aliphatic heterocycles. The summed E-state index contributed by atoms with van der Waals surface area (Å²) in [6.07, 6.45) is 3.54. The van der Waals surface area contributed by atoms with Crippen molar-refractivity contribution in [3.63, 3.8) is 0 Å². The highest BCUT2D eigenvalue weighted by atomic mass is 79.9. The molecule has 2 atom stereocenters. The Morgan fingerprint density at radius 2 is 2.21 bits per heavy atom. The molecule has 2 unspecified atom stereocenters. The third kappa shape index (κ3) is 2.43. The van der Waals surface area contributed by atoms with Gasteiger partial charge in [-0.2, -0.15) is 0 Å². The van der Waals surface area contributed by atoms with Gasteiger partial charge in [-0.3, -0.25) is 9.69 Å². The molecular formula is C15H19BrN2O. The number of piperazine rings is 1. The molecule has 2 heterocycles. The van der Waals surface area contributed by atoms with Gasteiger partial charge in [0.2, 0.25) is 0 Å². The van der Waals surface area contributed by atoms with E-state index in [0.717, 1.165) is 29.4 Å². The molecule has 0 amide bonds. The van der Waals surface area contributed by atoms with E-state index in [-0.39, 0.29) is 0 Å². The molecule has 3 nitrogen and oxygen atoms in total. The fourth-order valence-electron chi connectivity index (χ4n) is 3.34. The Morgan fingerprint density at radius 3 is 2.95 bits per heavy atom. The largest absolute Gasteiger partial charge is 0.366 e. The van der Waals surface area contributed by atoms with Crippen LogP contribution in [-0.4, -0.2) is 42.9 Å². The van der Waals surface area contributed by atoms with E-state index in [4.69, 9.17) is 0 Å². The van der Waals surface area contributed by atoms with Crippen LogP contribution in [0.15, 0.2) is 22.7 Å².